The van der Waals surface area contributed by atoms with Gasteiger partial charge in [0.15, 0.2) is 6.71 Å². The maximum absolute atomic E-state index is 4.82. The molecule has 6 aliphatic rings. The third-order valence-corrected chi connectivity index (χ3v) is 11.8. The van der Waals surface area contributed by atoms with Gasteiger partial charge in [0.2, 0.25) is 0 Å². The molecule has 1 aromatic heterocycles. The topological polar surface area (TPSA) is 17.8 Å². The van der Waals surface area contributed by atoms with Crippen LogP contribution in [0.3, 0.4) is 0 Å². The van der Waals surface area contributed by atoms with E-state index in [0.717, 1.165) is 5.52 Å². The van der Waals surface area contributed by atoms with Gasteiger partial charge in [-0.1, -0.05) is 107 Å². The summed E-state index contributed by atoms with van der Waals surface area (Å²) in [4.78, 5) is 4.82. The Kier molecular flexibility index (Phi) is 4.07. The summed E-state index contributed by atoms with van der Waals surface area (Å²) in [7, 11) is 0. The number of para-hydroxylation sites is 2. The van der Waals surface area contributed by atoms with Crippen LogP contribution in [0.2, 0.25) is 17.5 Å². The Bertz CT molecular complexity index is 1530. The summed E-state index contributed by atoms with van der Waals surface area (Å²) >= 11 is 0. The summed E-state index contributed by atoms with van der Waals surface area (Å²) in [5, 5.41) is 0. The van der Waals surface area contributed by atoms with Crippen molar-refractivity contribution in [3.63, 3.8) is 0 Å². The van der Waals surface area contributed by atoms with Crippen LogP contribution in [-0.4, -0.2) is 16.3 Å². The molecule has 0 bridgehead atoms. The van der Waals surface area contributed by atoms with Crippen LogP contribution in [0.15, 0.2) is 95.9 Å². The van der Waals surface area contributed by atoms with Crippen LogP contribution in [-0.2, 0) is 0 Å². The maximum atomic E-state index is 4.82. The Morgan fingerprint density at radius 1 is 0.784 bits per heavy atom. The third kappa shape index (κ3) is 2.48. The molecule has 3 aliphatic carbocycles. The van der Waals surface area contributed by atoms with Crippen molar-refractivity contribution in [1.29, 1.82) is 0 Å². The fourth-order valence-electron chi connectivity index (χ4n) is 10.2. The molecule has 3 heteroatoms. The molecular weight excluding hydrogens is 447 g/mol. The number of nitrogens with zero attached hydrogens (tertiary/aromatic N) is 2. The van der Waals surface area contributed by atoms with E-state index >= 15 is 0 Å². The molecule has 3 fully saturated rings. The lowest BCUT2D eigenvalue weighted by Crippen LogP contribution is -2.63. The van der Waals surface area contributed by atoms with Crippen molar-refractivity contribution in [2.24, 2.45) is 34.0 Å². The number of hydrogen-bond acceptors (Lipinski definition) is 1. The van der Waals surface area contributed by atoms with Crippen molar-refractivity contribution in [2.75, 3.05) is 0 Å². The Morgan fingerprint density at radius 3 is 2.19 bits per heavy atom. The van der Waals surface area contributed by atoms with Gasteiger partial charge >= 0.3 is 0 Å². The number of benzene rings is 1. The second kappa shape index (κ2) is 6.79. The second-order valence-electron chi connectivity index (χ2n) is 14.2. The van der Waals surface area contributed by atoms with Crippen molar-refractivity contribution in [2.45, 2.75) is 59.0 Å². The summed E-state index contributed by atoms with van der Waals surface area (Å²) in [6.07, 6.45) is 22.0. The minimum atomic E-state index is 0.0519. The van der Waals surface area contributed by atoms with Crippen LogP contribution in [0.4, 0.5) is 0 Å². The maximum Gasteiger partial charge on any atom is 0.165 e. The highest BCUT2D eigenvalue weighted by atomic mass is 15.1. The van der Waals surface area contributed by atoms with Crippen LogP contribution in [0.1, 0.15) is 41.5 Å². The highest BCUT2D eigenvalue weighted by Gasteiger charge is 2.69. The lowest BCUT2D eigenvalue weighted by atomic mass is 9.10. The quantitative estimate of drug-likeness (QED) is 0.372. The fraction of sp³-hybridized carbons (Fsp3) is 0.441. The predicted octanol–water partition coefficient (Wildman–Crippen LogP) is 8.38. The van der Waals surface area contributed by atoms with Gasteiger partial charge in [-0.05, 0) is 69.8 Å². The number of fused-ring (bicyclic) bond motifs is 1. The highest BCUT2D eigenvalue weighted by Crippen LogP contribution is 2.76. The first-order chi connectivity index (χ1) is 17.6. The average molecular weight is 484 g/mol. The number of imidazole rings is 1. The second-order valence-corrected chi connectivity index (χ2v) is 14.2. The van der Waals surface area contributed by atoms with Crippen LogP contribution in [0, 0.1) is 34.0 Å². The largest absolute Gasteiger partial charge is 0.299 e. The molecule has 0 N–H and O–H groups in total. The van der Waals surface area contributed by atoms with Crippen molar-refractivity contribution >= 4 is 23.4 Å². The summed E-state index contributed by atoms with van der Waals surface area (Å²) in [6, 6.07) is 8.61. The molecule has 4 heterocycles. The van der Waals surface area contributed by atoms with Gasteiger partial charge < -0.3 is 0 Å². The van der Waals surface area contributed by atoms with Gasteiger partial charge in [0.25, 0.3) is 0 Å². The normalized spacial score (nSPS) is 36.9. The van der Waals surface area contributed by atoms with Gasteiger partial charge in [0, 0.05) is 11.1 Å². The summed E-state index contributed by atoms with van der Waals surface area (Å²) in [5.41, 5.74) is 9.03. The van der Waals surface area contributed by atoms with Crippen molar-refractivity contribution < 1.29 is 0 Å². The molecule has 8 rings (SSSR count). The zero-order chi connectivity index (χ0) is 25.5. The van der Waals surface area contributed by atoms with Gasteiger partial charge in [0.1, 0.15) is 6.33 Å². The number of aromatic nitrogens is 2. The van der Waals surface area contributed by atoms with E-state index in [4.69, 9.17) is 4.98 Å². The highest BCUT2D eigenvalue weighted by molar-refractivity contribution is 6.68. The van der Waals surface area contributed by atoms with Crippen LogP contribution in [0.5, 0.6) is 0 Å². The SMILES string of the molecule is CC1(C)C2=CC=CC3C2B2C4C1=CC=CC4C(C)(C)C1C=CC(n4cnc5ccccc54)=C(C21)C3(C)C. The van der Waals surface area contributed by atoms with Gasteiger partial charge in [0.05, 0.1) is 11.0 Å². The van der Waals surface area contributed by atoms with Crippen LogP contribution >= 0.6 is 0 Å². The van der Waals surface area contributed by atoms with Gasteiger partial charge in [-0.3, -0.25) is 4.57 Å². The third-order valence-electron chi connectivity index (χ3n) is 11.8. The smallest absolute Gasteiger partial charge is 0.165 e. The average Bonchev–Trinajstić information content (AvgIpc) is 3.31. The first-order valence-corrected chi connectivity index (χ1v) is 14.3. The number of allylic oxidation sites excluding steroid dienone is 12. The zero-order valence-electron chi connectivity index (χ0n) is 22.9. The summed E-state index contributed by atoms with van der Waals surface area (Å²) in [5.74, 6) is 3.36. The molecule has 0 radical (unpaired) electrons. The molecule has 1 aromatic carbocycles. The minimum Gasteiger partial charge on any atom is -0.299 e. The number of rotatable bonds is 1. The van der Waals surface area contributed by atoms with E-state index in [1.165, 1.54) is 11.2 Å². The minimum absolute atomic E-state index is 0.0519. The molecule has 0 saturated carbocycles. The lowest BCUT2D eigenvalue weighted by molar-refractivity contribution is 0.120. The van der Waals surface area contributed by atoms with Gasteiger partial charge in [-0.25, -0.2) is 4.98 Å². The monoisotopic (exact) mass is 484 g/mol. The molecule has 6 unspecified atom stereocenters. The van der Waals surface area contributed by atoms with E-state index in [9.17, 15) is 0 Å². The first kappa shape index (κ1) is 22.2. The van der Waals surface area contributed by atoms with Crippen molar-refractivity contribution in [3.8, 4) is 0 Å². The van der Waals surface area contributed by atoms with Gasteiger partial charge in [-0.2, -0.15) is 0 Å². The van der Waals surface area contributed by atoms with E-state index in [0.29, 0.717) is 41.9 Å². The fourth-order valence-corrected chi connectivity index (χ4v) is 10.2. The molecule has 37 heavy (non-hydrogen) atoms. The summed E-state index contributed by atoms with van der Waals surface area (Å²) < 4.78 is 2.39. The van der Waals surface area contributed by atoms with Crippen molar-refractivity contribution in [3.05, 3.63) is 95.9 Å². The standard InChI is InChI=1S/C34H37BN2/c1-32(2)20-11-9-12-21-29(20)35-30-22(32)13-10-14-23(30)34(5,6)28-27(18-17-24(31(28)35)33(21,3)4)37-19-36-25-15-7-8-16-26(25)37/h7-19,21,23-24,29-31H,1-6H3. The van der Waals surface area contributed by atoms with Crippen molar-refractivity contribution in [1.82, 2.24) is 9.55 Å². The lowest BCUT2D eigenvalue weighted by Gasteiger charge is -2.69. The first-order valence-electron chi connectivity index (χ1n) is 14.3. The molecule has 0 amide bonds. The molecule has 3 aliphatic heterocycles. The molecule has 2 aromatic rings. The Morgan fingerprint density at radius 2 is 1.43 bits per heavy atom. The summed E-state index contributed by atoms with van der Waals surface area (Å²) in [6.45, 7) is 15.9. The van der Waals surface area contributed by atoms with E-state index in [1.54, 1.807) is 16.7 Å². The van der Waals surface area contributed by atoms with Crippen LogP contribution in [0.25, 0.3) is 16.7 Å². The Labute approximate surface area is 221 Å². The zero-order valence-corrected chi connectivity index (χ0v) is 22.9. The molecule has 0 spiro atoms. The Hall–Kier alpha value is -2.81. The van der Waals surface area contributed by atoms with E-state index < -0.39 is 0 Å². The molecule has 3 saturated heterocycles. The molecule has 186 valence electrons. The number of hydrogen-bond donors (Lipinski definition) is 0. The predicted molar refractivity (Wildman–Crippen MR) is 155 cm³/mol. The van der Waals surface area contributed by atoms with Gasteiger partial charge in [-0.15, -0.1) is 0 Å². The van der Waals surface area contributed by atoms with Crippen LogP contribution < -0.4 is 0 Å². The van der Waals surface area contributed by atoms with E-state index in [1.807, 2.05) is 0 Å². The molecule has 2 nitrogen and oxygen atoms in total. The Balaban J connectivity index is 1.45. The van der Waals surface area contributed by atoms with E-state index in [2.05, 4.69) is 125 Å². The molecule has 6 atom stereocenters. The molecular formula is C34H37BN2. The van der Waals surface area contributed by atoms with E-state index in [-0.39, 0.29) is 16.2 Å².